The molecule has 0 radical (unpaired) electrons. The zero-order valence-electron chi connectivity index (χ0n) is 15.6. The molecular weight excluding hydrogens is 319 g/mol. The van der Waals surface area contributed by atoms with Gasteiger partial charge >= 0.3 is 11.9 Å². The molecule has 0 aromatic rings. The van der Waals surface area contributed by atoms with Crippen molar-refractivity contribution in [2.75, 3.05) is 6.66 Å². The molecule has 8 heteroatoms. The largest absolute Gasteiger partial charge is 0.459 e. The first-order valence-electron chi connectivity index (χ1n) is 7.61. The second kappa shape index (κ2) is 7.77. The quantitative estimate of drug-likeness (QED) is 0.561. The van der Waals surface area contributed by atoms with Crippen molar-refractivity contribution in [1.82, 2.24) is 10.2 Å². The summed E-state index contributed by atoms with van der Waals surface area (Å²) in [5.74, 6) is -1.02. The van der Waals surface area contributed by atoms with E-state index in [9.17, 15) is 14.2 Å². The van der Waals surface area contributed by atoms with Crippen molar-refractivity contribution in [3.8, 4) is 0 Å². The van der Waals surface area contributed by atoms with Crippen LogP contribution in [-0.4, -0.2) is 41.9 Å². The molecule has 23 heavy (non-hydrogen) atoms. The van der Waals surface area contributed by atoms with Gasteiger partial charge in [0.15, 0.2) is 0 Å². The van der Waals surface area contributed by atoms with Crippen molar-refractivity contribution in [2.24, 2.45) is 0 Å². The van der Waals surface area contributed by atoms with E-state index in [2.05, 4.69) is 10.2 Å². The topological polar surface area (TPSA) is 93.7 Å². The molecule has 0 aliphatic rings. The van der Waals surface area contributed by atoms with Crippen LogP contribution >= 0.6 is 7.44 Å². The molecule has 0 fully saturated rings. The van der Waals surface area contributed by atoms with Crippen LogP contribution in [0.4, 0.5) is 0 Å². The molecule has 0 bridgehead atoms. The van der Waals surface area contributed by atoms with Gasteiger partial charge in [0.05, 0.1) is 0 Å². The van der Waals surface area contributed by atoms with Gasteiger partial charge in [0.2, 0.25) is 7.44 Å². The molecule has 0 saturated heterocycles. The van der Waals surface area contributed by atoms with Gasteiger partial charge in [-0.05, 0) is 55.4 Å². The molecule has 0 aromatic heterocycles. The van der Waals surface area contributed by atoms with Crippen LogP contribution in [0.5, 0.6) is 0 Å². The third kappa shape index (κ3) is 10.5. The maximum absolute atomic E-state index is 12.5. The van der Waals surface area contributed by atoms with E-state index < -0.39 is 42.7 Å². The maximum Gasteiger partial charge on any atom is 0.323 e. The number of hydrogen-bond acceptors (Lipinski definition) is 5. The SMILES string of the molecule is C[C@H](NP(C)(=O)N[C@@H](C)C(=O)OC(C)(C)C)C(=O)OC(C)(C)C. The molecular formula is C15H31N2O5P. The Bertz CT molecular complexity index is 439. The van der Waals surface area contributed by atoms with Gasteiger partial charge in [0, 0.05) is 6.66 Å². The Morgan fingerprint density at radius 1 is 0.826 bits per heavy atom. The number of nitrogens with one attached hydrogen (secondary N) is 2. The minimum atomic E-state index is -3.15. The fourth-order valence-corrected chi connectivity index (χ4v) is 3.43. The number of rotatable bonds is 6. The number of hydrogen-bond donors (Lipinski definition) is 2. The first-order valence-corrected chi connectivity index (χ1v) is 9.77. The lowest BCUT2D eigenvalue weighted by Gasteiger charge is -2.27. The predicted molar refractivity (Wildman–Crippen MR) is 90.4 cm³/mol. The predicted octanol–water partition coefficient (Wildman–Crippen LogP) is 2.45. The summed E-state index contributed by atoms with van der Waals surface area (Å²) in [5.41, 5.74) is -1.25. The molecule has 2 N–H and O–H groups in total. The lowest BCUT2D eigenvalue weighted by molar-refractivity contribution is -0.157. The Labute approximate surface area is 139 Å². The first kappa shape index (κ1) is 22.1. The van der Waals surface area contributed by atoms with Gasteiger partial charge in [0.25, 0.3) is 0 Å². The Morgan fingerprint density at radius 3 is 1.30 bits per heavy atom. The van der Waals surface area contributed by atoms with Crippen LogP contribution in [-0.2, 0) is 23.6 Å². The van der Waals surface area contributed by atoms with Crippen LogP contribution in [0.1, 0.15) is 55.4 Å². The summed E-state index contributed by atoms with van der Waals surface area (Å²) in [4.78, 5) is 23.8. The minimum Gasteiger partial charge on any atom is -0.459 e. The second-order valence-electron chi connectivity index (χ2n) is 7.69. The summed E-state index contributed by atoms with van der Waals surface area (Å²) in [6, 6.07) is -1.55. The third-order valence-electron chi connectivity index (χ3n) is 2.40. The first-order chi connectivity index (χ1) is 10.0. The van der Waals surface area contributed by atoms with E-state index in [0.717, 1.165) is 0 Å². The van der Waals surface area contributed by atoms with Crippen LogP contribution in [0.15, 0.2) is 0 Å². The second-order valence-corrected chi connectivity index (χ2v) is 10.1. The van der Waals surface area contributed by atoms with Gasteiger partial charge in [-0.2, -0.15) is 0 Å². The average Bonchev–Trinajstić information content (AvgIpc) is 2.22. The molecule has 0 aromatic carbocycles. The van der Waals surface area contributed by atoms with Crippen molar-refractivity contribution < 1.29 is 23.6 Å². The average molecular weight is 350 g/mol. The zero-order valence-corrected chi connectivity index (χ0v) is 16.5. The highest BCUT2D eigenvalue weighted by Crippen LogP contribution is 2.32. The molecule has 0 saturated carbocycles. The molecule has 0 aliphatic heterocycles. The van der Waals surface area contributed by atoms with Crippen LogP contribution in [0.25, 0.3) is 0 Å². The van der Waals surface area contributed by atoms with E-state index in [-0.39, 0.29) is 0 Å². The van der Waals surface area contributed by atoms with Gasteiger partial charge in [-0.25, -0.2) is 10.2 Å². The van der Waals surface area contributed by atoms with E-state index in [4.69, 9.17) is 9.47 Å². The normalized spacial score (nSPS) is 15.7. The van der Waals surface area contributed by atoms with Gasteiger partial charge in [-0.1, -0.05) is 0 Å². The van der Waals surface area contributed by atoms with E-state index in [1.807, 2.05) is 0 Å². The smallest absolute Gasteiger partial charge is 0.323 e. The van der Waals surface area contributed by atoms with E-state index in [1.54, 1.807) is 55.4 Å². The molecule has 0 unspecified atom stereocenters. The zero-order chi connectivity index (χ0) is 18.6. The van der Waals surface area contributed by atoms with Crippen molar-refractivity contribution in [3.05, 3.63) is 0 Å². The summed E-state index contributed by atoms with van der Waals surface area (Å²) in [6.07, 6.45) is 0. The van der Waals surface area contributed by atoms with Crippen LogP contribution in [0, 0.1) is 0 Å². The van der Waals surface area contributed by atoms with Crippen LogP contribution < -0.4 is 10.2 Å². The van der Waals surface area contributed by atoms with Crippen molar-refractivity contribution in [1.29, 1.82) is 0 Å². The van der Waals surface area contributed by atoms with Gasteiger partial charge in [0.1, 0.15) is 23.3 Å². The molecule has 0 spiro atoms. The molecule has 0 rings (SSSR count). The fraction of sp³-hybridized carbons (Fsp3) is 0.867. The van der Waals surface area contributed by atoms with E-state index in [0.29, 0.717) is 0 Å². The van der Waals surface area contributed by atoms with Crippen LogP contribution in [0.2, 0.25) is 0 Å². The molecule has 7 nitrogen and oxygen atoms in total. The Kier molecular flexibility index (Phi) is 7.47. The molecule has 0 amide bonds. The lowest BCUT2D eigenvalue weighted by atomic mass is 10.2. The number of esters is 2. The van der Waals surface area contributed by atoms with Crippen molar-refractivity contribution >= 4 is 19.4 Å². The summed E-state index contributed by atoms with van der Waals surface area (Å²) >= 11 is 0. The van der Waals surface area contributed by atoms with Gasteiger partial charge < -0.3 is 9.47 Å². The summed E-state index contributed by atoms with van der Waals surface area (Å²) in [7, 11) is -3.15. The summed E-state index contributed by atoms with van der Waals surface area (Å²) < 4.78 is 23.0. The number of carbonyl (C=O) groups excluding carboxylic acids is 2. The van der Waals surface area contributed by atoms with Crippen molar-refractivity contribution in [3.63, 3.8) is 0 Å². The highest BCUT2D eigenvalue weighted by molar-refractivity contribution is 7.59. The molecule has 2 atom stereocenters. The number of ether oxygens (including phenoxy) is 2. The highest BCUT2D eigenvalue weighted by atomic mass is 31.2. The van der Waals surface area contributed by atoms with Crippen LogP contribution in [0.3, 0.4) is 0 Å². The monoisotopic (exact) mass is 350 g/mol. The third-order valence-corrected chi connectivity index (χ3v) is 4.16. The highest BCUT2D eigenvalue weighted by Gasteiger charge is 2.30. The Morgan fingerprint density at radius 2 is 1.09 bits per heavy atom. The van der Waals surface area contributed by atoms with E-state index in [1.165, 1.54) is 6.66 Å². The Balaban J connectivity index is 4.67. The van der Waals surface area contributed by atoms with Crippen molar-refractivity contribution in [2.45, 2.75) is 78.7 Å². The lowest BCUT2D eigenvalue weighted by Crippen LogP contribution is -2.43. The maximum atomic E-state index is 12.5. The fourth-order valence-electron chi connectivity index (χ4n) is 1.66. The molecule has 0 aliphatic carbocycles. The molecule has 0 heterocycles. The van der Waals surface area contributed by atoms with Gasteiger partial charge in [-0.15, -0.1) is 0 Å². The summed E-state index contributed by atoms with van der Waals surface area (Å²) in [6.45, 7) is 15.1. The standard InChI is InChI=1S/C15H31N2O5P/c1-10(12(18)21-14(3,4)5)16-23(9,20)17-11(2)13(19)22-15(6,7)8/h10-11H,1-9H3,(H2,16,17,20)/t10-,11-/m0/s1. The Hall–Kier alpha value is -0.910. The minimum absolute atomic E-state index is 0.508. The molecule has 136 valence electrons. The van der Waals surface area contributed by atoms with E-state index >= 15 is 0 Å². The summed E-state index contributed by atoms with van der Waals surface area (Å²) in [5, 5.41) is 5.38. The number of carbonyl (C=O) groups is 2. The van der Waals surface area contributed by atoms with Gasteiger partial charge in [-0.3, -0.25) is 14.2 Å².